The van der Waals surface area contributed by atoms with E-state index in [1.807, 2.05) is 0 Å². The largest absolute Gasteiger partial charge is 0.395 e. The summed E-state index contributed by atoms with van der Waals surface area (Å²) in [6.07, 6.45) is 2.31. The molecule has 0 heterocycles. The number of ketones is 2. The van der Waals surface area contributed by atoms with E-state index in [0.717, 1.165) is 12.2 Å². The molecule has 0 saturated carbocycles. The predicted octanol–water partition coefficient (Wildman–Crippen LogP) is -2.52. The van der Waals surface area contributed by atoms with Crippen molar-refractivity contribution < 1.29 is 30.0 Å². The zero-order valence-electron chi connectivity index (χ0n) is 12.3. The Kier molecular flexibility index (Phi) is 7.75. The van der Waals surface area contributed by atoms with E-state index in [4.69, 9.17) is 20.4 Å². The molecule has 22 heavy (non-hydrogen) atoms. The Labute approximate surface area is 128 Å². The van der Waals surface area contributed by atoms with E-state index in [2.05, 4.69) is 0 Å². The Morgan fingerprint density at radius 1 is 0.636 bits per heavy atom. The molecule has 1 aliphatic carbocycles. The lowest BCUT2D eigenvalue weighted by atomic mass is 10.0. The zero-order chi connectivity index (χ0) is 16.5. The van der Waals surface area contributed by atoms with Gasteiger partial charge < -0.3 is 30.2 Å². The highest BCUT2D eigenvalue weighted by atomic mass is 16.3. The van der Waals surface area contributed by atoms with Crippen LogP contribution in [0.5, 0.6) is 0 Å². The second-order valence-electron chi connectivity index (χ2n) is 4.66. The van der Waals surface area contributed by atoms with Crippen molar-refractivity contribution >= 4 is 11.6 Å². The minimum absolute atomic E-state index is 0.116. The van der Waals surface area contributed by atoms with Gasteiger partial charge in [0.05, 0.1) is 37.8 Å². The second-order valence-corrected chi connectivity index (χ2v) is 4.66. The Hall–Kier alpha value is -1.74. The molecule has 0 bridgehead atoms. The maximum Gasteiger partial charge on any atom is 0.204 e. The van der Waals surface area contributed by atoms with Gasteiger partial charge in [-0.1, -0.05) is 0 Å². The number of nitrogens with zero attached hydrogens (tertiary/aromatic N) is 2. The van der Waals surface area contributed by atoms with Crippen LogP contribution in [0.1, 0.15) is 0 Å². The highest BCUT2D eigenvalue weighted by Crippen LogP contribution is 2.18. The molecule has 8 nitrogen and oxygen atoms in total. The van der Waals surface area contributed by atoms with Crippen LogP contribution < -0.4 is 0 Å². The number of hydrogen-bond donors (Lipinski definition) is 4. The number of allylic oxidation sites excluding steroid dienone is 2. The van der Waals surface area contributed by atoms with E-state index in [1.165, 1.54) is 9.80 Å². The summed E-state index contributed by atoms with van der Waals surface area (Å²) in [6.45, 7) is -0.325. The average molecular weight is 314 g/mol. The average Bonchev–Trinajstić information content (AvgIpc) is 2.49. The topological polar surface area (TPSA) is 122 Å². The van der Waals surface area contributed by atoms with Gasteiger partial charge >= 0.3 is 0 Å². The summed E-state index contributed by atoms with van der Waals surface area (Å²) in [6, 6.07) is 0. The van der Waals surface area contributed by atoms with Gasteiger partial charge in [-0.05, 0) is 0 Å². The van der Waals surface area contributed by atoms with Crippen LogP contribution in [0.15, 0.2) is 23.5 Å². The molecule has 1 aliphatic rings. The minimum atomic E-state index is -0.419. The highest BCUT2D eigenvalue weighted by molar-refractivity contribution is 6.19. The van der Waals surface area contributed by atoms with E-state index in [-0.39, 0.29) is 64.0 Å². The maximum absolute atomic E-state index is 12.2. The highest BCUT2D eigenvalue weighted by Gasteiger charge is 2.26. The molecule has 0 spiro atoms. The normalized spacial score (nSPS) is 14.7. The van der Waals surface area contributed by atoms with Crippen molar-refractivity contribution in [3.63, 3.8) is 0 Å². The fourth-order valence-electron chi connectivity index (χ4n) is 2.22. The fraction of sp³-hybridized carbons (Fsp3) is 0.571. The molecule has 0 aromatic carbocycles. The van der Waals surface area contributed by atoms with E-state index in [1.54, 1.807) is 0 Å². The van der Waals surface area contributed by atoms with Gasteiger partial charge in [-0.2, -0.15) is 0 Å². The van der Waals surface area contributed by atoms with Gasteiger partial charge in [0, 0.05) is 38.3 Å². The maximum atomic E-state index is 12.2. The molecular weight excluding hydrogens is 292 g/mol. The lowest BCUT2D eigenvalue weighted by Gasteiger charge is -2.29. The lowest BCUT2D eigenvalue weighted by molar-refractivity contribution is -0.117. The number of carbonyl (C=O) groups excluding carboxylic acids is 2. The third kappa shape index (κ3) is 4.63. The standard InChI is InChI=1S/C14H22N2O6/c17-5-1-15(2-6-18)11-9-14(22)12(10-13(11)21)16(3-7-19)4-8-20/h9-10,17-20H,1-8H2. The second kappa shape index (κ2) is 9.31. The van der Waals surface area contributed by atoms with Crippen molar-refractivity contribution in [2.45, 2.75) is 0 Å². The van der Waals surface area contributed by atoms with Crippen molar-refractivity contribution in [1.29, 1.82) is 0 Å². The first-order chi connectivity index (χ1) is 10.6. The van der Waals surface area contributed by atoms with Gasteiger partial charge in [0.1, 0.15) is 0 Å². The van der Waals surface area contributed by atoms with Crippen LogP contribution in [-0.2, 0) is 9.59 Å². The summed E-state index contributed by atoms with van der Waals surface area (Å²) in [5, 5.41) is 36.0. The zero-order valence-corrected chi connectivity index (χ0v) is 12.3. The molecule has 0 aromatic heterocycles. The van der Waals surface area contributed by atoms with E-state index >= 15 is 0 Å². The van der Waals surface area contributed by atoms with Gasteiger partial charge in [0.2, 0.25) is 11.6 Å². The quantitative estimate of drug-likeness (QED) is 0.326. The summed E-state index contributed by atoms with van der Waals surface area (Å²) in [7, 11) is 0. The molecule has 0 atom stereocenters. The van der Waals surface area contributed by atoms with Crippen molar-refractivity contribution in [2.75, 3.05) is 52.6 Å². The molecule has 0 radical (unpaired) electrons. The lowest BCUT2D eigenvalue weighted by Crippen LogP contribution is -2.38. The van der Waals surface area contributed by atoms with Gasteiger partial charge in [0.25, 0.3) is 0 Å². The van der Waals surface area contributed by atoms with Crippen LogP contribution in [0.25, 0.3) is 0 Å². The molecule has 4 N–H and O–H groups in total. The molecule has 0 fully saturated rings. The SMILES string of the molecule is O=C1C=C(N(CCO)CCO)C(=O)C=C1N(CCO)CCO. The van der Waals surface area contributed by atoms with Crippen LogP contribution in [-0.4, -0.2) is 94.4 Å². The number of rotatable bonds is 10. The number of aliphatic hydroxyl groups is 4. The molecule has 124 valence electrons. The van der Waals surface area contributed by atoms with Gasteiger partial charge in [-0.25, -0.2) is 0 Å². The predicted molar refractivity (Wildman–Crippen MR) is 77.7 cm³/mol. The van der Waals surface area contributed by atoms with Crippen molar-refractivity contribution in [2.24, 2.45) is 0 Å². The van der Waals surface area contributed by atoms with Crippen LogP contribution >= 0.6 is 0 Å². The van der Waals surface area contributed by atoms with Crippen LogP contribution in [0.3, 0.4) is 0 Å². The minimum Gasteiger partial charge on any atom is -0.395 e. The van der Waals surface area contributed by atoms with E-state index in [9.17, 15) is 9.59 Å². The molecule has 0 aromatic rings. The number of carbonyl (C=O) groups is 2. The van der Waals surface area contributed by atoms with Gasteiger partial charge in [0.15, 0.2) is 0 Å². The van der Waals surface area contributed by atoms with Gasteiger partial charge in [-0.15, -0.1) is 0 Å². The molecule has 0 amide bonds. The van der Waals surface area contributed by atoms with Gasteiger partial charge in [-0.3, -0.25) is 9.59 Å². The summed E-state index contributed by atoms with van der Waals surface area (Å²) in [5.41, 5.74) is 0.231. The van der Waals surface area contributed by atoms with Crippen LogP contribution in [0.2, 0.25) is 0 Å². The monoisotopic (exact) mass is 314 g/mol. The Balaban J connectivity index is 2.97. The first-order valence-corrected chi connectivity index (χ1v) is 7.04. The molecule has 0 unspecified atom stereocenters. The summed E-state index contributed by atoms with van der Waals surface area (Å²) in [5.74, 6) is -0.838. The summed E-state index contributed by atoms with van der Waals surface area (Å²) < 4.78 is 0. The Bertz CT molecular complexity index is 406. The third-order valence-corrected chi connectivity index (χ3v) is 3.20. The smallest absolute Gasteiger partial charge is 0.204 e. The molecule has 0 aliphatic heterocycles. The first kappa shape index (κ1) is 18.3. The molecule has 8 heteroatoms. The summed E-state index contributed by atoms with van der Waals surface area (Å²) >= 11 is 0. The van der Waals surface area contributed by atoms with Crippen molar-refractivity contribution in [3.8, 4) is 0 Å². The fourth-order valence-corrected chi connectivity index (χ4v) is 2.22. The Morgan fingerprint density at radius 3 is 1.14 bits per heavy atom. The Morgan fingerprint density at radius 2 is 0.909 bits per heavy atom. The van der Waals surface area contributed by atoms with Crippen LogP contribution in [0, 0.1) is 0 Å². The molecule has 1 rings (SSSR count). The first-order valence-electron chi connectivity index (χ1n) is 7.04. The third-order valence-electron chi connectivity index (χ3n) is 3.20. The van der Waals surface area contributed by atoms with E-state index < -0.39 is 11.6 Å². The molecular formula is C14H22N2O6. The molecule has 0 saturated heterocycles. The summed E-state index contributed by atoms with van der Waals surface area (Å²) in [4.78, 5) is 27.3. The number of aliphatic hydroxyl groups excluding tert-OH is 4. The van der Waals surface area contributed by atoms with E-state index in [0.29, 0.717) is 0 Å². The van der Waals surface area contributed by atoms with Crippen molar-refractivity contribution in [3.05, 3.63) is 23.5 Å². The van der Waals surface area contributed by atoms with Crippen molar-refractivity contribution in [1.82, 2.24) is 9.80 Å². The van der Waals surface area contributed by atoms with Crippen LogP contribution in [0.4, 0.5) is 0 Å². The number of hydrogen-bond acceptors (Lipinski definition) is 8.